The Hall–Kier alpha value is -2.22. The van der Waals surface area contributed by atoms with Crippen molar-refractivity contribution in [2.75, 3.05) is 0 Å². The zero-order valence-corrected chi connectivity index (χ0v) is 14.4. The Morgan fingerprint density at radius 1 is 1.20 bits per heavy atom. The number of benzene rings is 1. The van der Waals surface area contributed by atoms with Crippen LogP contribution in [0.25, 0.3) is 0 Å². The number of aromatic nitrogens is 4. The van der Waals surface area contributed by atoms with Crippen molar-refractivity contribution >= 4 is 12.6 Å². The molecule has 0 amide bonds. The number of thiol groups is 1. The van der Waals surface area contributed by atoms with Crippen LogP contribution in [0, 0.1) is 6.92 Å². The van der Waals surface area contributed by atoms with Crippen molar-refractivity contribution < 1.29 is 13.2 Å². The van der Waals surface area contributed by atoms with Gasteiger partial charge in [-0.2, -0.15) is 18.3 Å². The molecule has 3 aromatic rings. The number of aryl methyl sites for hydroxylation is 3. The Morgan fingerprint density at radius 2 is 2.00 bits per heavy atom. The molecule has 0 fully saturated rings. The lowest BCUT2D eigenvalue weighted by molar-refractivity contribution is -0.142. The van der Waals surface area contributed by atoms with Crippen molar-refractivity contribution in [3.05, 3.63) is 65.5 Å². The molecule has 0 saturated heterocycles. The maximum atomic E-state index is 13.3. The van der Waals surface area contributed by atoms with Crippen LogP contribution >= 0.6 is 12.6 Å². The summed E-state index contributed by atoms with van der Waals surface area (Å²) in [6.07, 6.45) is 2.13. The van der Waals surface area contributed by atoms with E-state index in [2.05, 4.69) is 22.7 Å². The van der Waals surface area contributed by atoms with E-state index in [1.807, 2.05) is 25.1 Å². The van der Waals surface area contributed by atoms with E-state index in [1.165, 1.54) is 10.9 Å². The Balaban J connectivity index is 1.84. The minimum Gasteiger partial charge on any atom is -0.337 e. The largest absolute Gasteiger partial charge is 0.435 e. The second kappa shape index (κ2) is 6.95. The number of halogens is 3. The van der Waals surface area contributed by atoms with E-state index in [1.54, 1.807) is 23.3 Å². The molecular formula is C17H17F3N4S. The van der Waals surface area contributed by atoms with Gasteiger partial charge in [-0.15, -0.1) is 12.6 Å². The van der Waals surface area contributed by atoms with Crippen LogP contribution < -0.4 is 0 Å². The Labute approximate surface area is 148 Å². The fraction of sp³-hybridized carbons (Fsp3) is 0.294. The van der Waals surface area contributed by atoms with Crippen molar-refractivity contribution in [1.82, 2.24) is 19.3 Å². The summed E-state index contributed by atoms with van der Waals surface area (Å²) in [5, 5.41) is 3.78. The number of imidazole rings is 1. The SMILES string of the molecule is Cc1cc(S)cc(Cn2cc(CCn3ccnc3)c(C(F)(F)F)n2)c1. The third-order valence-corrected chi connectivity index (χ3v) is 4.03. The molecule has 2 aromatic heterocycles. The summed E-state index contributed by atoms with van der Waals surface area (Å²) in [5.74, 6) is 0. The van der Waals surface area contributed by atoms with E-state index in [0.717, 1.165) is 16.0 Å². The van der Waals surface area contributed by atoms with Crippen molar-refractivity contribution in [3.63, 3.8) is 0 Å². The van der Waals surface area contributed by atoms with Crippen molar-refractivity contribution in [1.29, 1.82) is 0 Å². The number of hydrogen-bond acceptors (Lipinski definition) is 3. The average molecular weight is 366 g/mol. The zero-order valence-electron chi connectivity index (χ0n) is 13.5. The number of rotatable bonds is 5. The second-order valence-electron chi connectivity index (χ2n) is 5.93. The lowest BCUT2D eigenvalue weighted by Crippen LogP contribution is -2.11. The van der Waals surface area contributed by atoms with Crippen LogP contribution in [-0.4, -0.2) is 19.3 Å². The monoisotopic (exact) mass is 366 g/mol. The predicted molar refractivity (Wildman–Crippen MR) is 90.7 cm³/mol. The highest BCUT2D eigenvalue weighted by molar-refractivity contribution is 7.80. The summed E-state index contributed by atoms with van der Waals surface area (Å²) >= 11 is 4.31. The first-order valence-electron chi connectivity index (χ1n) is 7.70. The van der Waals surface area contributed by atoms with Crippen LogP contribution in [0.2, 0.25) is 0 Å². The van der Waals surface area contributed by atoms with E-state index in [0.29, 0.717) is 6.54 Å². The number of hydrogen-bond donors (Lipinski definition) is 1. The molecule has 0 radical (unpaired) electrons. The molecule has 2 heterocycles. The van der Waals surface area contributed by atoms with Crippen LogP contribution in [0.1, 0.15) is 22.4 Å². The molecule has 0 bridgehead atoms. The van der Waals surface area contributed by atoms with Gasteiger partial charge in [0.15, 0.2) is 5.69 Å². The van der Waals surface area contributed by atoms with Crippen molar-refractivity contribution in [2.24, 2.45) is 0 Å². The molecule has 0 aliphatic heterocycles. The van der Waals surface area contributed by atoms with E-state index < -0.39 is 11.9 Å². The quantitative estimate of drug-likeness (QED) is 0.693. The Morgan fingerprint density at radius 3 is 2.64 bits per heavy atom. The predicted octanol–water partition coefficient (Wildman–Crippen LogP) is 3.99. The molecule has 3 rings (SSSR count). The summed E-state index contributed by atoms with van der Waals surface area (Å²) in [5.41, 5.74) is 1.22. The first-order chi connectivity index (χ1) is 11.8. The van der Waals surface area contributed by atoms with Crippen LogP contribution in [0.15, 0.2) is 48.0 Å². The second-order valence-corrected chi connectivity index (χ2v) is 6.44. The highest BCUT2D eigenvalue weighted by atomic mass is 32.1. The van der Waals surface area contributed by atoms with Gasteiger partial charge in [0.1, 0.15) is 0 Å². The maximum absolute atomic E-state index is 13.3. The minimum absolute atomic E-state index is 0.181. The van der Waals surface area contributed by atoms with Gasteiger partial charge in [0.25, 0.3) is 0 Å². The van der Waals surface area contributed by atoms with Gasteiger partial charge in [-0.1, -0.05) is 6.07 Å². The molecule has 0 aliphatic rings. The van der Waals surface area contributed by atoms with Gasteiger partial charge in [0, 0.05) is 35.6 Å². The molecule has 0 atom stereocenters. The third-order valence-electron chi connectivity index (χ3n) is 3.77. The zero-order chi connectivity index (χ0) is 18.0. The topological polar surface area (TPSA) is 35.6 Å². The van der Waals surface area contributed by atoms with E-state index in [4.69, 9.17) is 0 Å². The van der Waals surface area contributed by atoms with Gasteiger partial charge in [0.05, 0.1) is 12.9 Å². The van der Waals surface area contributed by atoms with Gasteiger partial charge < -0.3 is 4.57 Å². The van der Waals surface area contributed by atoms with E-state index in [9.17, 15) is 13.2 Å². The van der Waals surface area contributed by atoms with Gasteiger partial charge in [-0.3, -0.25) is 4.68 Å². The van der Waals surface area contributed by atoms with Gasteiger partial charge in [-0.05, 0) is 36.6 Å². The summed E-state index contributed by atoms with van der Waals surface area (Å²) in [7, 11) is 0. The summed E-state index contributed by atoms with van der Waals surface area (Å²) < 4.78 is 42.9. The van der Waals surface area contributed by atoms with Crippen LogP contribution in [-0.2, 0) is 25.7 Å². The summed E-state index contributed by atoms with van der Waals surface area (Å²) in [6, 6.07) is 5.64. The molecule has 4 nitrogen and oxygen atoms in total. The average Bonchev–Trinajstić information content (AvgIpc) is 3.12. The molecule has 0 aliphatic carbocycles. The van der Waals surface area contributed by atoms with Gasteiger partial charge in [0.2, 0.25) is 0 Å². The minimum atomic E-state index is -4.48. The third kappa shape index (κ3) is 4.45. The fourth-order valence-electron chi connectivity index (χ4n) is 2.75. The van der Waals surface area contributed by atoms with Crippen LogP contribution in [0.5, 0.6) is 0 Å². The molecule has 0 unspecified atom stereocenters. The summed E-state index contributed by atoms with van der Waals surface area (Å²) in [6.45, 7) is 2.60. The molecule has 8 heteroatoms. The first-order valence-corrected chi connectivity index (χ1v) is 8.15. The highest BCUT2D eigenvalue weighted by Crippen LogP contribution is 2.31. The molecule has 0 spiro atoms. The normalized spacial score (nSPS) is 11.9. The van der Waals surface area contributed by atoms with E-state index in [-0.39, 0.29) is 18.5 Å². The number of alkyl halides is 3. The highest BCUT2D eigenvalue weighted by Gasteiger charge is 2.36. The molecule has 0 N–H and O–H groups in total. The molecule has 0 saturated carbocycles. The maximum Gasteiger partial charge on any atom is 0.435 e. The lowest BCUT2D eigenvalue weighted by atomic mass is 10.1. The van der Waals surface area contributed by atoms with E-state index >= 15 is 0 Å². The van der Waals surface area contributed by atoms with Crippen LogP contribution in [0.3, 0.4) is 0 Å². The molecule has 132 valence electrons. The van der Waals surface area contributed by atoms with Gasteiger partial charge >= 0.3 is 6.18 Å². The van der Waals surface area contributed by atoms with Crippen molar-refractivity contribution in [3.8, 4) is 0 Å². The smallest absolute Gasteiger partial charge is 0.337 e. The summed E-state index contributed by atoms with van der Waals surface area (Å²) in [4.78, 5) is 4.67. The molecule has 25 heavy (non-hydrogen) atoms. The first kappa shape index (κ1) is 17.6. The molecular weight excluding hydrogens is 349 g/mol. The Bertz CT molecular complexity index is 833. The van der Waals surface area contributed by atoms with Crippen LogP contribution in [0.4, 0.5) is 13.2 Å². The fourth-order valence-corrected chi connectivity index (χ4v) is 3.12. The standard InChI is InChI=1S/C17H17F3N4S/c1-12-6-13(8-15(25)7-12)9-24-10-14(16(22-24)17(18,19)20)2-4-23-5-3-21-11-23/h3,5-8,10-11,25H,2,4,9H2,1H3. The van der Waals surface area contributed by atoms with Crippen molar-refractivity contribution in [2.45, 2.75) is 37.5 Å². The lowest BCUT2D eigenvalue weighted by Gasteiger charge is -2.06. The number of nitrogens with zero attached hydrogens (tertiary/aromatic N) is 4. The van der Waals surface area contributed by atoms with Gasteiger partial charge in [-0.25, -0.2) is 4.98 Å². The molecule has 1 aromatic carbocycles. The Kier molecular flexibility index (Phi) is 4.89.